The Kier molecular flexibility index (Phi) is 53.9. The molecule has 0 fully saturated rings. The highest BCUT2D eigenvalue weighted by atomic mass is 32.2. The standard InChI is InChI=1S/C11H16O2S.2C7H16O2S.C6H14O2S.C5H12O2S/c1-13-8-5-9-14(12)10-11-6-3-2-4-7-11;1-7(2)10(8)6-4-5-9-3;1-3-6-10(8)7-4-5-9-2;1-3-9(7)6-4-5-8-2;1-7-4-3-5-8(2)6/h2-4,6-7H,5,8-10H2,1H3;7H,4-6H2,1-3H3;3-7H2,1-2H3;3-6H2,1-2H3;3-5H2,1-2H3. The van der Waals surface area contributed by atoms with E-state index in [0.29, 0.717) is 12.4 Å². The molecule has 0 saturated carbocycles. The van der Waals surface area contributed by atoms with Crippen molar-refractivity contribution in [3.63, 3.8) is 0 Å². The quantitative estimate of drug-likeness (QED) is 0.110. The van der Waals surface area contributed by atoms with Crippen molar-refractivity contribution in [1.29, 1.82) is 0 Å². The fraction of sp³-hybridized carbons (Fsp3) is 0.833. The molecule has 0 aliphatic rings. The normalized spacial score (nSPS) is 13.4. The lowest BCUT2D eigenvalue weighted by Crippen LogP contribution is -2.10. The van der Waals surface area contributed by atoms with Gasteiger partial charge in [-0.3, -0.25) is 21.0 Å². The Bertz CT molecular complexity index is 954. The van der Waals surface area contributed by atoms with E-state index in [1.165, 1.54) is 0 Å². The van der Waals surface area contributed by atoms with Crippen LogP contribution >= 0.6 is 0 Å². The first-order valence-corrected chi connectivity index (χ1v) is 25.2. The lowest BCUT2D eigenvalue weighted by molar-refractivity contribution is 0.200. The van der Waals surface area contributed by atoms with E-state index in [4.69, 9.17) is 23.7 Å². The van der Waals surface area contributed by atoms with Crippen molar-refractivity contribution in [3.8, 4) is 0 Å². The Labute approximate surface area is 325 Å². The van der Waals surface area contributed by atoms with Gasteiger partial charge in [0.15, 0.2) is 0 Å². The predicted molar refractivity (Wildman–Crippen MR) is 224 cm³/mol. The lowest BCUT2D eigenvalue weighted by atomic mass is 10.2. The number of ether oxygens (including phenoxy) is 5. The van der Waals surface area contributed by atoms with Crippen LogP contribution in [-0.4, -0.2) is 141 Å². The van der Waals surface area contributed by atoms with E-state index in [1.54, 1.807) is 41.8 Å². The van der Waals surface area contributed by atoms with Crippen LogP contribution in [0.5, 0.6) is 0 Å². The molecule has 1 aromatic rings. The van der Waals surface area contributed by atoms with Crippen LogP contribution < -0.4 is 0 Å². The number of hydrogen-bond donors (Lipinski definition) is 0. The van der Waals surface area contributed by atoms with E-state index in [-0.39, 0.29) is 5.25 Å². The van der Waals surface area contributed by atoms with Gasteiger partial charge in [0.25, 0.3) is 0 Å². The third-order valence-electron chi connectivity index (χ3n) is 6.09. The molecule has 0 aromatic heterocycles. The molecule has 1 aromatic carbocycles. The van der Waals surface area contributed by atoms with Crippen molar-refractivity contribution in [2.75, 3.05) is 115 Å². The summed E-state index contributed by atoms with van der Waals surface area (Å²) in [5, 5.41) is 0.289. The van der Waals surface area contributed by atoms with Crippen LogP contribution in [0.4, 0.5) is 0 Å². The minimum atomic E-state index is -0.752. The maximum absolute atomic E-state index is 11.5. The highest BCUT2D eigenvalue weighted by molar-refractivity contribution is 7.85. The Hall–Kier alpha value is -0.230. The monoisotopic (exact) mass is 826 g/mol. The Morgan fingerprint density at radius 1 is 0.529 bits per heavy atom. The third-order valence-corrected chi connectivity index (χ3v) is 13.1. The van der Waals surface area contributed by atoms with Gasteiger partial charge in [-0.15, -0.1) is 0 Å². The van der Waals surface area contributed by atoms with Gasteiger partial charge in [-0.2, -0.15) is 0 Å². The molecule has 308 valence electrons. The van der Waals surface area contributed by atoms with Crippen LogP contribution in [0.15, 0.2) is 30.3 Å². The fourth-order valence-corrected chi connectivity index (χ4v) is 7.76. The zero-order valence-electron chi connectivity index (χ0n) is 33.5. The molecule has 5 unspecified atom stereocenters. The van der Waals surface area contributed by atoms with Crippen molar-refractivity contribution in [2.24, 2.45) is 0 Å². The smallest absolute Gasteiger partial charge is 0.0485 e. The van der Waals surface area contributed by atoms with E-state index in [9.17, 15) is 21.0 Å². The van der Waals surface area contributed by atoms with Crippen LogP contribution in [0.2, 0.25) is 0 Å². The first kappa shape index (κ1) is 57.5. The zero-order valence-corrected chi connectivity index (χ0v) is 37.6. The van der Waals surface area contributed by atoms with Gasteiger partial charge in [0.2, 0.25) is 0 Å². The Morgan fingerprint density at radius 2 is 0.922 bits per heavy atom. The second-order valence-corrected chi connectivity index (χ2v) is 20.0. The molecule has 5 atom stereocenters. The summed E-state index contributed by atoms with van der Waals surface area (Å²) in [6.45, 7) is 11.5. The van der Waals surface area contributed by atoms with Gasteiger partial charge in [-0.1, -0.05) is 58.0 Å². The second kappa shape index (κ2) is 47.8. The topological polar surface area (TPSA) is 132 Å². The molecule has 0 aliphatic heterocycles. The maximum atomic E-state index is 11.5. The summed E-state index contributed by atoms with van der Waals surface area (Å²) in [6, 6.07) is 9.93. The van der Waals surface area contributed by atoms with Gasteiger partial charge in [0.1, 0.15) is 0 Å². The molecular weight excluding hydrogens is 753 g/mol. The van der Waals surface area contributed by atoms with Gasteiger partial charge in [-0.25, -0.2) is 0 Å². The average Bonchev–Trinajstić information content (AvgIpc) is 3.10. The van der Waals surface area contributed by atoms with E-state index in [2.05, 4.69) is 0 Å². The van der Waals surface area contributed by atoms with Crippen LogP contribution in [0.3, 0.4) is 0 Å². The van der Waals surface area contributed by atoms with Crippen LogP contribution in [0, 0.1) is 0 Å². The minimum absolute atomic E-state index is 0.289. The van der Waals surface area contributed by atoms with Crippen molar-refractivity contribution in [2.45, 2.75) is 77.2 Å². The summed E-state index contributed by atoms with van der Waals surface area (Å²) in [6.07, 6.45) is 7.23. The molecule has 10 nitrogen and oxygen atoms in total. The second-order valence-electron chi connectivity index (χ2n) is 11.2. The molecule has 1 rings (SSSR count). The molecule has 0 aliphatic carbocycles. The summed E-state index contributed by atoms with van der Waals surface area (Å²) < 4.78 is 78.8. The minimum Gasteiger partial charge on any atom is -0.385 e. The highest BCUT2D eigenvalue weighted by Crippen LogP contribution is 2.03. The van der Waals surface area contributed by atoms with E-state index in [1.807, 2.05) is 58.0 Å². The van der Waals surface area contributed by atoms with Crippen LogP contribution in [0.25, 0.3) is 0 Å². The summed E-state index contributed by atoms with van der Waals surface area (Å²) in [7, 11) is 5.05. The Balaban J connectivity index is -0.000000275. The number of benzene rings is 1. The van der Waals surface area contributed by atoms with Crippen molar-refractivity contribution in [1.82, 2.24) is 0 Å². The van der Waals surface area contributed by atoms with Crippen molar-refractivity contribution in [3.05, 3.63) is 35.9 Å². The maximum Gasteiger partial charge on any atom is 0.0485 e. The lowest BCUT2D eigenvalue weighted by Gasteiger charge is -2.03. The first-order chi connectivity index (χ1) is 24.4. The molecule has 0 bridgehead atoms. The summed E-state index contributed by atoms with van der Waals surface area (Å²) in [4.78, 5) is 0. The zero-order chi connectivity index (χ0) is 39.5. The van der Waals surface area contributed by atoms with Crippen molar-refractivity contribution >= 4 is 54.0 Å². The number of rotatable bonds is 26. The van der Waals surface area contributed by atoms with Gasteiger partial charge in [0, 0.05) is 180 Å². The molecule has 0 saturated heterocycles. The molecule has 0 amide bonds. The van der Waals surface area contributed by atoms with E-state index in [0.717, 1.165) is 111 Å². The summed E-state index contributed by atoms with van der Waals surface area (Å²) in [5.41, 5.74) is 1.14. The molecule has 15 heteroatoms. The molecule has 0 spiro atoms. The first-order valence-electron chi connectivity index (χ1n) is 17.6. The molecule has 0 heterocycles. The molecule has 0 radical (unpaired) electrons. The Morgan fingerprint density at radius 3 is 1.29 bits per heavy atom. The molecule has 0 N–H and O–H groups in total. The summed E-state index contributed by atoms with van der Waals surface area (Å²) >= 11 is 0. The predicted octanol–water partition coefficient (Wildman–Crippen LogP) is 5.53. The van der Waals surface area contributed by atoms with Crippen LogP contribution in [-0.2, 0) is 83.4 Å². The van der Waals surface area contributed by atoms with E-state index >= 15 is 0 Å². The van der Waals surface area contributed by atoms with Crippen LogP contribution in [0.1, 0.15) is 71.8 Å². The summed E-state index contributed by atoms with van der Waals surface area (Å²) in [5.74, 6) is 6.09. The third kappa shape index (κ3) is 54.2. The highest BCUT2D eigenvalue weighted by Gasteiger charge is 2.03. The van der Waals surface area contributed by atoms with Gasteiger partial charge in [-0.05, 0) is 44.1 Å². The molecule has 51 heavy (non-hydrogen) atoms. The van der Waals surface area contributed by atoms with Gasteiger partial charge >= 0.3 is 0 Å². The van der Waals surface area contributed by atoms with Crippen molar-refractivity contribution < 1.29 is 44.7 Å². The molecular formula is C36H74O10S5. The van der Waals surface area contributed by atoms with Gasteiger partial charge < -0.3 is 23.7 Å². The SMILES string of the molecule is CCCS(=O)CCCOC.CCS(=O)CCCOC.COCCCS(=O)C(C)C.COCCCS(=O)Cc1ccccc1.COCCCS(C)=O. The van der Waals surface area contributed by atoms with E-state index < -0.39 is 54.0 Å². The average molecular weight is 827 g/mol. The number of hydrogen-bond acceptors (Lipinski definition) is 10. The number of methoxy groups -OCH3 is 5. The fourth-order valence-electron chi connectivity index (χ4n) is 3.39. The largest absolute Gasteiger partial charge is 0.385 e. The van der Waals surface area contributed by atoms with Gasteiger partial charge in [0.05, 0.1) is 0 Å².